The zero-order valence-electron chi connectivity index (χ0n) is 15.7. The first-order valence-corrected chi connectivity index (χ1v) is 10.5. The Hall–Kier alpha value is -1.46. The molecule has 5 heteroatoms. The Kier molecular flexibility index (Phi) is 7.44. The number of amides is 1. The minimum absolute atomic E-state index is 0.0901. The molecule has 0 unspecified atom stereocenters. The second-order valence-corrected chi connectivity index (χ2v) is 8.03. The lowest BCUT2D eigenvalue weighted by Crippen LogP contribution is -2.52. The minimum Gasteiger partial charge on any atom is -0.346 e. The van der Waals surface area contributed by atoms with Crippen molar-refractivity contribution in [3.63, 3.8) is 0 Å². The summed E-state index contributed by atoms with van der Waals surface area (Å²) >= 11 is 5.46. The highest BCUT2D eigenvalue weighted by molar-refractivity contribution is 7.80. The van der Waals surface area contributed by atoms with Crippen molar-refractivity contribution in [3.8, 4) is 0 Å². The summed E-state index contributed by atoms with van der Waals surface area (Å²) in [6.45, 7) is 4.71. The average molecular weight is 374 g/mol. The maximum absolute atomic E-state index is 12.2. The lowest BCUT2D eigenvalue weighted by molar-refractivity contribution is -0.120. The maximum Gasteiger partial charge on any atom is 0.226 e. The smallest absolute Gasteiger partial charge is 0.226 e. The molecule has 0 spiro atoms. The number of piperazine rings is 1. The third-order valence-electron chi connectivity index (χ3n) is 5.66. The molecule has 1 heterocycles. The van der Waals surface area contributed by atoms with E-state index in [4.69, 9.17) is 12.2 Å². The van der Waals surface area contributed by atoms with Crippen LogP contribution in [0.1, 0.15) is 50.5 Å². The second kappa shape index (κ2) is 10.0. The Labute approximate surface area is 162 Å². The van der Waals surface area contributed by atoms with E-state index in [1.807, 2.05) is 0 Å². The highest BCUT2D eigenvalue weighted by Gasteiger charge is 2.21. The number of rotatable bonds is 5. The molecule has 0 bridgehead atoms. The fourth-order valence-corrected chi connectivity index (χ4v) is 4.32. The van der Waals surface area contributed by atoms with Crippen LogP contribution in [0.3, 0.4) is 0 Å². The van der Waals surface area contributed by atoms with E-state index in [0.717, 1.165) is 45.1 Å². The molecule has 0 aromatic heterocycles. The van der Waals surface area contributed by atoms with Crippen molar-refractivity contribution in [1.82, 2.24) is 15.1 Å². The van der Waals surface area contributed by atoms with Gasteiger partial charge in [0.25, 0.3) is 0 Å². The monoisotopic (exact) mass is 373 g/mol. The Morgan fingerprint density at radius 2 is 1.73 bits per heavy atom. The Bertz CT molecular complexity index is 578. The molecule has 1 N–H and O–H groups in total. The van der Waals surface area contributed by atoms with Gasteiger partial charge in [-0.25, -0.2) is 0 Å². The first-order chi connectivity index (χ1) is 12.7. The molecule has 3 rings (SSSR count). The fourth-order valence-electron chi connectivity index (χ4n) is 4.02. The number of benzene rings is 1. The summed E-state index contributed by atoms with van der Waals surface area (Å²) in [5, 5.41) is 3.56. The molecule has 142 valence electrons. The highest BCUT2D eigenvalue weighted by atomic mass is 32.1. The summed E-state index contributed by atoms with van der Waals surface area (Å²) in [7, 11) is 0. The van der Waals surface area contributed by atoms with E-state index in [-0.39, 0.29) is 5.91 Å². The molecule has 1 aromatic rings. The third kappa shape index (κ3) is 6.06. The zero-order valence-corrected chi connectivity index (χ0v) is 16.5. The summed E-state index contributed by atoms with van der Waals surface area (Å²) in [6, 6.07) is 10.6. The average Bonchev–Trinajstić information content (AvgIpc) is 2.68. The standard InChI is InChI=1S/C21H31N3OS/c25-20(12-11-18-7-3-1-4-8-18)22-21(26)24-15-13-23(14-16-24)17-19-9-5-2-6-10-19/h2,5-6,9-10,18H,1,3-4,7-8,11-17H2,(H,22,25,26). The fraction of sp³-hybridized carbons (Fsp3) is 0.619. The van der Waals surface area contributed by atoms with E-state index in [1.165, 1.54) is 37.7 Å². The molecule has 0 radical (unpaired) electrons. The van der Waals surface area contributed by atoms with Crippen LogP contribution in [0.4, 0.5) is 0 Å². The molecule has 1 saturated heterocycles. The summed E-state index contributed by atoms with van der Waals surface area (Å²) in [5.41, 5.74) is 1.35. The van der Waals surface area contributed by atoms with Crippen LogP contribution in [0.2, 0.25) is 0 Å². The molecule has 26 heavy (non-hydrogen) atoms. The van der Waals surface area contributed by atoms with Gasteiger partial charge in [-0.2, -0.15) is 0 Å². The number of hydrogen-bond acceptors (Lipinski definition) is 3. The predicted octanol–water partition coefficient (Wildman–Crippen LogP) is 3.57. The zero-order chi connectivity index (χ0) is 18.2. The van der Waals surface area contributed by atoms with Crippen LogP contribution in [0.25, 0.3) is 0 Å². The first kappa shape index (κ1) is 19.3. The van der Waals surface area contributed by atoms with Crippen molar-refractivity contribution in [2.45, 2.75) is 51.5 Å². The van der Waals surface area contributed by atoms with E-state index in [0.29, 0.717) is 11.5 Å². The van der Waals surface area contributed by atoms with Crippen molar-refractivity contribution < 1.29 is 4.79 Å². The molecular formula is C21H31N3OS. The lowest BCUT2D eigenvalue weighted by atomic mass is 9.86. The van der Waals surface area contributed by atoms with Crippen LogP contribution in [0, 0.1) is 5.92 Å². The van der Waals surface area contributed by atoms with E-state index in [2.05, 4.69) is 45.4 Å². The molecule has 4 nitrogen and oxygen atoms in total. The second-order valence-electron chi connectivity index (χ2n) is 7.64. The van der Waals surface area contributed by atoms with Crippen LogP contribution in [-0.4, -0.2) is 47.0 Å². The highest BCUT2D eigenvalue weighted by Crippen LogP contribution is 2.27. The van der Waals surface area contributed by atoms with Gasteiger partial charge in [-0.1, -0.05) is 62.4 Å². The summed E-state index contributed by atoms with van der Waals surface area (Å²) < 4.78 is 0. The maximum atomic E-state index is 12.2. The summed E-state index contributed by atoms with van der Waals surface area (Å²) in [6.07, 6.45) is 8.24. The van der Waals surface area contributed by atoms with Gasteiger partial charge in [0.2, 0.25) is 5.91 Å². The van der Waals surface area contributed by atoms with Gasteiger partial charge in [0.15, 0.2) is 5.11 Å². The summed E-state index contributed by atoms with van der Waals surface area (Å²) in [4.78, 5) is 16.8. The van der Waals surface area contributed by atoms with E-state index >= 15 is 0 Å². The van der Waals surface area contributed by atoms with Gasteiger partial charge in [-0.15, -0.1) is 0 Å². The number of nitrogens with one attached hydrogen (secondary N) is 1. The lowest BCUT2D eigenvalue weighted by Gasteiger charge is -2.36. The SMILES string of the molecule is O=C(CCC1CCCCC1)NC(=S)N1CCN(Cc2ccccc2)CC1. The van der Waals surface area contributed by atoms with Gasteiger partial charge in [-0.05, 0) is 30.1 Å². The third-order valence-corrected chi connectivity index (χ3v) is 6.02. The molecule has 1 saturated carbocycles. The number of hydrogen-bond donors (Lipinski definition) is 1. The first-order valence-electron chi connectivity index (χ1n) is 10.1. The Balaban J connectivity index is 1.34. The van der Waals surface area contributed by atoms with Gasteiger partial charge in [0.05, 0.1) is 0 Å². The van der Waals surface area contributed by atoms with Crippen molar-refractivity contribution in [2.24, 2.45) is 5.92 Å². The predicted molar refractivity (Wildman–Crippen MR) is 110 cm³/mol. The summed E-state index contributed by atoms with van der Waals surface area (Å²) in [5.74, 6) is 0.830. The number of thiocarbonyl (C=S) groups is 1. The van der Waals surface area contributed by atoms with E-state index in [1.54, 1.807) is 0 Å². The largest absolute Gasteiger partial charge is 0.346 e. The van der Waals surface area contributed by atoms with Crippen LogP contribution in [0.5, 0.6) is 0 Å². The molecule has 1 aromatic carbocycles. The van der Waals surface area contributed by atoms with Crippen LogP contribution >= 0.6 is 12.2 Å². The molecule has 0 atom stereocenters. The van der Waals surface area contributed by atoms with Gasteiger partial charge in [-0.3, -0.25) is 9.69 Å². The van der Waals surface area contributed by atoms with E-state index in [9.17, 15) is 4.79 Å². The number of nitrogens with zero attached hydrogens (tertiary/aromatic N) is 2. The van der Waals surface area contributed by atoms with Gasteiger partial charge in [0.1, 0.15) is 0 Å². The van der Waals surface area contributed by atoms with Crippen molar-refractivity contribution in [1.29, 1.82) is 0 Å². The van der Waals surface area contributed by atoms with Crippen molar-refractivity contribution >= 4 is 23.2 Å². The van der Waals surface area contributed by atoms with Gasteiger partial charge in [0, 0.05) is 39.1 Å². The van der Waals surface area contributed by atoms with Gasteiger partial charge < -0.3 is 10.2 Å². The Morgan fingerprint density at radius 1 is 1.04 bits per heavy atom. The van der Waals surface area contributed by atoms with Crippen LogP contribution < -0.4 is 5.32 Å². The van der Waals surface area contributed by atoms with E-state index < -0.39 is 0 Å². The normalized spacial score (nSPS) is 19.3. The molecule has 1 aliphatic carbocycles. The Morgan fingerprint density at radius 3 is 2.42 bits per heavy atom. The van der Waals surface area contributed by atoms with Gasteiger partial charge >= 0.3 is 0 Å². The molecular weight excluding hydrogens is 342 g/mol. The van der Waals surface area contributed by atoms with Crippen molar-refractivity contribution in [2.75, 3.05) is 26.2 Å². The quantitative estimate of drug-likeness (QED) is 0.801. The number of carbonyl (C=O) groups is 1. The number of carbonyl (C=O) groups excluding carboxylic acids is 1. The molecule has 1 amide bonds. The molecule has 2 aliphatic rings. The molecule has 2 fully saturated rings. The van der Waals surface area contributed by atoms with Crippen molar-refractivity contribution in [3.05, 3.63) is 35.9 Å². The van der Waals surface area contributed by atoms with Crippen LogP contribution in [-0.2, 0) is 11.3 Å². The minimum atomic E-state index is 0.0901. The van der Waals surface area contributed by atoms with Crippen LogP contribution in [0.15, 0.2) is 30.3 Å². The molecule has 1 aliphatic heterocycles. The topological polar surface area (TPSA) is 35.6 Å².